The van der Waals surface area contributed by atoms with Crippen LogP contribution in [0.3, 0.4) is 0 Å². The van der Waals surface area contributed by atoms with Crippen LogP contribution in [0, 0.1) is 17.8 Å². The summed E-state index contributed by atoms with van der Waals surface area (Å²) in [5, 5.41) is 6.39. The van der Waals surface area contributed by atoms with Gasteiger partial charge in [-0.2, -0.15) is 0 Å². The first-order chi connectivity index (χ1) is 14.4. The Kier molecular flexibility index (Phi) is 8.14. The molecule has 8 atom stereocenters. The molecule has 2 saturated heterocycles. The fourth-order valence-corrected chi connectivity index (χ4v) is 5.15. The van der Waals surface area contributed by atoms with Crippen LogP contribution in [0.15, 0.2) is 0 Å². The summed E-state index contributed by atoms with van der Waals surface area (Å²) in [5.41, 5.74) is -1.54. The van der Waals surface area contributed by atoms with Gasteiger partial charge >= 0.3 is 12.1 Å². The van der Waals surface area contributed by atoms with Crippen molar-refractivity contribution in [2.24, 2.45) is 17.8 Å². The zero-order chi connectivity index (χ0) is 23.6. The summed E-state index contributed by atoms with van der Waals surface area (Å²) in [5.74, 6) is -1.75. The number of fused-ring (bicyclic) bond motifs is 1. The summed E-state index contributed by atoms with van der Waals surface area (Å²) in [6.45, 7) is 13.9. The number of rotatable bonds is 2. The van der Waals surface area contributed by atoms with Crippen molar-refractivity contribution in [2.75, 3.05) is 13.7 Å². The van der Waals surface area contributed by atoms with Crippen molar-refractivity contribution in [3.05, 3.63) is 0 Å². The number of hydrogen-bond donors (Lipinski definition) is 2. The summed E-state index contributed by atoms with van der Waals surface area (Å²) in [6, 6.07) is -0.516. The lowest BCUT2D eigenvalue weighted by atomic mass is 9.81. The summed E-state index contributed by atoms with van der Waals surface area (Å²) < 4.78 is 17.2. The molecule has 2 N–H and O–H groups in total. The van der Waals surface area contributed by atoms with E-state index in [1.54, 1.807) is 21.0 Å². The van der Waals surface area contributed by atoms with Gasteiger partial charge in [0, 0.05) is 19.1 Å². The van der Waals surface area contributed by atoms with Gasteiger partial charge in [0.25, 0.3) is 0 Å². The van der Waals surface area contributed by atoms with Crippen LogP contribution >= 0.6 is 0 Å². The van der Waals surface area contributed by atoms with E-state index in [1.807, 2.05) is 27.7 Å². The Morgan fingerprint density at radius 1 is 1.10 bits per heavy atom. The minimum absolute atomic E-state index is 0.122. The van der Waals surface area contributed by atoms with E-state index in [4.69, 9.17) is 14.2 Å². The number of amides is 1. The molecule has 1 amide bonds. The number of cyclic esters (lactones) is 1. The largest absolute Gasteiger partial charge is 0.458 e. The fraction of sp³-hybridized carbons (Fsp3) is 0.870. The number of Topliss-reactive ketones (excluding diaryl/α,β-unsaturated/α-hetero) is 1. The van der Waals surface area contributed by atoms with Crippen molar-refractivity contribution in [1.82, 2.24) is 10.6 Å². The smallest absolute Gasteiger partial charge is 0.408 e. The number of carbonyl (C=O) groups is 3. The first kappa shape index (κ1) is 25.6. The summed E-state index contributed by atoms with van der Waals surface area (Å²) in [7, 11) is 1.66. The molecular weight excluding hydrogens is 400 g/mol. The number of esters is 1. The zero-order valence-electron chi connectivity index (χ0n) is 20.2. The van der Waals surface area contributed by atoms with Crippen LogP contribution in [-0.2, 0) is 23.8 Å². The highest BCUT2D eigenvalue weighted by atomic mass is 16.6. The third-order valence-corrected chi connectivity index (χ3v) is 7.04. The zero-order valence-corrected chi connectivity index (χ0v) is 20.2. The number of methoxy groups -OCH3 is 1. The second-order valence-corrected chi connectivity index (χ2v) is 9.92. The number of nitrogens with one attached hydrogen (secondary N) is 2. The highest BCUT2D eigenvalue weighted by molar-refractivity contribution is 5.99. The van der Waals surface area contributed by atoms with E-state index in [0.29, 0.717) is 19.4 Å². The number of ether oxygens (including phenoxy) is 3. The molecule has 0 aromatic carbocycles. The Hall–Kier alpha value is -1.67. The maximum atomic E-state index is 13.0. The normalized spacial score (nSPS) is 43.2. The van der Waals surface area contributed by atoms with Crippen LogP contribution < -0.4 is 10.6 Å². The highest BCUT2D eigenvalue weighted by Gasteiger charge is 2.54. The first-order valence-corrected chi connectivity index (χ1v) is 11.4. The van der Waals surface area contributed by atoms with Gasteiger partial charge in [-0.05, 0) is 59.4 Å². The maximum Gasteiger partial charge on any atom is 0.408 e. The van der Waals surface area contributed by atoms with E-state index in [1.165, 1.54) is 0 Å². The quantitative estimate of drug-likeness (QED) is 0.503. The molecule has 2 fully saturated rings. The monoisotopic (exact) mass is 440 g/mol. The summed E-state index contributed by atoms with van der Waals surface area (Å²) >= 11 is 0. The van der Waals surface area contributed by atoms with Crippen molar-refractivity contribution in [1.29, 1.82) is 0 Å². The molecule has 0 bridgehead atoms. The molecule has 178 valence electrons. The minimum Gasteiger partial charge on any atom is -0.458 e. The Morgan fingerprint density at radius 3 is 2.32 bits per heavy atom. The standard InChI is InChI=1S/C23H40N2O6/c1-9-17-23(7)19(25-21(28)31-23)16(5)24-12-13(2)10-22(6,29-8)11-14(3)18(26)15(4)20(27)30-17/h13-17,19,24H,9-12H2,1-8H3,(H,25,28)/t13-,14-,15?,16-,17-,19-,22-,23-/m1/s1. The molecule has 0 radical (unpaired) electrons. The van der Waals surface area contributed by atoms with Gasteiger partial charge < -0.3 is 24.8 Å². The SMILES string of the molecule is CC[C@H]1OC(=O)C(C)C(=O)[C@H](C)C[C@](C)(OC)C[C@@H](C)CN[C@H](C)[C@H]2NC(=O)O[C@@]21C. The Bertz CT molecular complexity index is 685. The van der Waals surface area contributed by atoms with Gasteiger partial charge in [0.1, 0.15) is 17.8 Å². The third-order valence-electron chi connectivity index (χ3n) is 7.04. The van der Waals surface area contributed by atoms with Crippen LogP contribution in [0.25, 0.3) is 0 Å². The Balaban J connectivity index is 2.40. The average Bonchev–Trinajstić information content (AvgIpc) is 3.02. The number of carbonyl (C=O) groups excluding carboxylic acids is 3. The van der Waals surface area contributed by atoms with E-state index in [2.05, 4.69) is 17.6 Å². The lowest BCUT2D eigenvalue weighted by Crippen LogP contribution is -2.60. The molecule has 8 nitrogen and oxygen atoms in total. The van der Waals surface area contributed by atoms with Gasteiger partial charge in [0.15, 0.2) is 5.60 Å². The van der Waals surface area contributed by atoms with Gasteiger partial charge in [0.05, 0.1) is 11.6 Å². The molecule has 0 aromatic heterocycles. The molecule has 0 aromatic rings. The second-order valence-electron chi connectivity index (χ2n) is 9.92. The third kappa shape index (κ3) is 5.58. The number of alkyl carbamates (subject to hydrolysis) is 1. The second kappa shape index (κ2) is 9.86. The Morgan fingerprint density at radius 2 is 1.74 bits per heavy atom. The Labute approximate surface area is 186 Å². The van der Waals surface area contributed by atoms with E-state index in [9.17, 15) is 14.4 Å². The lowest BCUT2D eigenvalue weighted by Gasteiger charge is -2.38. The van der Waals surface area contributed by atoms with Gasteiger partial charge in [-0.15, -0.1) is 0 Å². The predicted molar refractivity (Wildman–Crippen MR) is 117 cm³/mol. The van der Waals surface area contributed by atoms with Crippen molar-refractivity contribution >= 4 is 17.8 Å². The van der Waals surface area contributed by atoms with E-state index < -0.39 is 41.3 Å². The van der Waals surface area contributed by atoms with E-state index in [0.717, 1.165) is 6.42 Å². The van der Waals surface area contributed by atoms with Gasteiger partial charge in [-0.1, -0.05) is 20.8 Å². The molecule has 1 unspecified atom stereocenters. The molecule has 0 aliphatic carbocycles. The number of hydrogen-bond acceptors (Lipinski definition) is 7. The molecule has 8 heteroatoms. The van der Waals surface area contributed by atoms with Crippen molar-refractivity contribution < 1.29 is 28.6 Å². The van der Waals surface area contributed by atoms with Crippen LogP contribution in [0.5, 0.6) is 0 Å². The van der Waals surface area contributed by atoms with Gasteiger partial charge in [0.2, 0.25) is 0 Å². The molecule has 0 saturated carbocycles. The van der Waals surface area contributed by atoms with E-state index >= 15 is 0 Å². The topological polar surface area (TPSA) is 103 Å². The van der Waals surface area contributed by atoms with Crippen molar-refractivity contribution in [3.63, 3.8) is 0 Å². The van der Waals surface area contributed by atoms with Crippen molar-refractivity contribution in [3.8, 4) is 0 Å². The van der Waals surface area contributed by atoms with Crippen LogP contribution in [0.4, 0.5) is 4.79 Å². The molecule has 2 rings (SSSR count). The molecular formula is C23H40N2O6. The van der Waals surface area contributed by atoms with Crippen molar-refractivity contribution in [2.45, 2.75) is 97.1 Å². The van der Waals surface area contributed by atoms with Crippen LogP contribution in [-0.4, -0.2) is 60.9 Å². The van der Waals surface area contributed by atoms with Gasteiger partial charge in [-0.3, -0.25) is 9.59 Å². The minimum atomic E-state index is -1.05. The molecule has 0 spiro atoms. The molecule has 2 heterocycles. The van der Waals surface area contributed by atoms with E-state index in [-0.39, 0.29) is 23.7 Å². The van der Waals surface area contributed by atoms with Crippen LogP contribution in [0.1, 0.15) is 67.7 Å². The lowest BCUT2D eigenvalue weighted by molar-refractivity contribution is -0.169. The first-order valence-electron chi connectivity index (χ1n) is 11.4. The number of ketones is 1. The molecule has 2 aliphatic heterocycles. The predicted octanol–water partition coefficient (Wildman–Crippen LogP) is 2.83. The summed E-state index contributed by atoms with van der Waals surface area (Å²) in [6.07, 6.45) is 0.522. The molecule has 2 aliphatic rings. The highest BCUT2D eigenvalue weighted by Crippen LogP contribution is 2.34. The average molecular weight is 441 g/mol. The van der Waals surface area contributed by atoms with Crippen LogP contribution in [0.2, 0.25) is 0 Å². The van der Waals surface area contributed by atoms with Gasteiger partial charge in [-0.25, -0.2) is 4.79 Å². The summed E-state index contributed by atoms with van der Waals surface area (Å²) in [4.78, 5) is 38.1. The fourth-order valence-electron chi connectivity index (χ4n) is 5.15. The molecule has 31 heavy (non-hydrogen) atoms. The maximum absolute atomic E-state index is 13.0.